The van der Waals surface area contributed by atoms with Gasteiger partial charge >= 0.3 is 0 Å². The molecule has 2 aromatic heterocycles. The highest BCUT2D eigenvalue weighted by Gasteiger charge is 2.18. The van der Waals surface area contributed by atoms with Crippen LogP contribution < -0.4 is 21.1 Å². The Balaban J connectivity index is 2.33. The highest BCUT2D eigenvalue weighted by atomic mass is 32.1. The van der Waals surface area contributed by atoms with Gasteiger partial charge in [0.05, 0.1) is 6.04 Å². The molecule has 0 fully saturated rings. The zero-order chi connectivity index (χ0) is 14.7. The third-order valence-corrected chi connectivity index (χ3v) is 4.03. The number of nitrogens with one attached hydrogen (secondary N) is 1. The van der Waals surface area contributed by atoms with E-state index in [1.54, 1.807) is 11.3 Å². The molecule has 3 N–H and O–H groups in total. The van der Waals surface area contributed by atoms with Gasteiger partial charge in [-0.2, -0.15) is 15.0 Å². The minimum Gasteiger partial charge on any atom is -0.347 e. The van der Waals surface area contributed by atoms with Crippen LogP contribution in [-0.4, -0.2) is 36.1 Å². The standard InChI is InChI=1S/C12H19N7S/c1-8(9-6-5-7-20-9)19(4)12-15-10(17-13)14-11(16-12)18(2)3/h5-8H,13H2,1-4H3,(H,14,15,16,17). The molecule has 0 radical (unpaired) electrons. The molecule has 2 aromatic rings. The molecule has 1 unspecified atom stereocenters. The van der Waals surface area contributed by atoms with Crippen molar-refractivity contribution in [2.75, 3.05) is 36.4 Å². The summed E-state index contributed by atoms with van der Waals surface area (Å²) >= 11 is 1.71. The van der Waals surface area contributed by atoms with Crippen molar-refractivity contribution in [3.63, 3.8) is 0 Å². The van der Waals surface area contributed by atoms with E-state index in [9.17, 15) is 0 Å². The fourth-order valence-corrected chi connectivity index (χ4v) is 2.50. The molecule has 1 atom stereocenters. The lowest BCUT2D eigenvalue weighted by molar-refractivity contribution is 0.722. The lowest BCUT2D eigenvalue weighted by Crippen LogP contribution is -2.26. The summed E-state index contributed by atoms with van der Waals surface area (Å²) < 4.78 is 0. The molecule has 2 rings (SSSR count). The van der Waals surface area contributed by atoms with E-state index in [1.165, 1.54) is 4.88 Å². The molecule has 0 saturated heterocycles. The number of hydrogen-bond acceptors (Lipinski definition) is 8. The van der Waals surface area contributed by atoms with Crippen molar-refractivity contribution < 1.29 is 0 Å². The van der Waals surface area contributed by atoms with Gasteiger partial charge in [0.2, 0.25) is 17.8 Å². The van der Waals surface area contributed by atoms with E-state index in [2.05, 4.69) is 38.7 Å². The third kappa shape index (κ3) is 2.97. The maximum atomic E-state index is 5.42. The smallest absolute Gasteiger partial charge is 0.243 e. The Morgan fingerprint density at radius 3 is 2.45 bits per heavy atom. The van der Waals surface area contributed by atoms with Crippen LogP contribution in [0.2, 0.25) is 0 Å². The average molecular weight is 293 g/mol. The molecule has 0 spiro atoms. The van der Waals surface area contributed by atoms with Crippen molar-refractivity contribution >= 4 is 29.2 Å². The molecule has 0 aliphatic carbocycles. The van der Waals surface area contributed by atoms with Crippen molar-refractivity contribution in [2.24, 2.45) is 5.84 Å². The number of nitrogens with two attached hydrogens (primary N) is 1. The first-order valence-corrected chi connectivity index (χ1v) is 7.07. The lowest BCUT2D eigenvalue weighted by atomic mass is 10.2. The van der Waals surface area contributed by atoms with Gasteiger partial charge in [-0.25, -0.2) is 5.84 Å². The Kier molecular flexibility index (Phi) is 4.35. The van der Waals surface area contributed by atoms with Crippen molar-refractivity contribution in [3.05, 3.63) is 22.4 Å². The Bertz CT molecular complexity index is 555. The van der Waals surface area contributed by atoms with Gasteiger partial charge in [-0.1, -0.05) is 6.07 Å². The number of hydrogen-bond donors (Lipinski definition) is 2. The number of aromatic nitrogens is 3. The van der Waals surface area contributed by atoms with Gasteiger partial charge in [-0.15, -0.1) is 11.3 Å². The van der Waals surface area contributed by atoms with E-state index in [1.807, 2.05) is 37.0 Å². The monoisotopic (exact) mass is 293 g/mol. The molecule has 0 aliphatic rings. The molecule has 0 bridgehead atoms. The van der Waals surface area contributed by atoms with Gasteiger partial charge in [0.1, 0.15) is 0 Å². The van der Waals surface area contributed by atoms with Crippen LogP contribution in [0.4, 0.5) is 17.8 Å². The molecule has 8 heteroatoms. The molecule has 0 aliphatic heterocycles. The van der Waals surface area contributed by atoms with Crippen LogP contribution >= 0.6 is 11.3 Å². The Morgan fingerprint density at radius 2 is 1.90 bits per heavy atom. The van der Waals surface area contributed by atoms with E-state index in [-0.39, 0.29) is 6.04 Å². The molecule has 20 heavy (non-hydrogen) atoms. The Hall–Kier alpha value is -1.93. The van der Waals surface area contributed by atoms with Gasteiger partial charge in [0, 0.05) is 26.0 Å². The highest BCUT2D eigenvalue weighted by molar-refractivity contribution is 7.10. The number of anilines is 3. The third-order valence-electron chi connectivity index (χ3n) is 2.99. The van der Waals surface area contributed by atoms with Crippen LogP contribution in [-0.2, 0) is 0 Å². The summed E-state index contributed by atoms with van der Waals surface area (Å²) in [5.74, 6) is 6.92. The molecule has 7 nitrogen and oxygen atoms in total. The Morgan fingerprint density at radius 1 is 1.20 bits per heavy atom. The zero-order valence-electron chi connectivity index (χ0n) is 12.0. The minimum absolute atomic E-state index is 0.179. The summed E-state index contributed by atoms with van der Waals surface area (Å²) in [6, 6.07) is 4.32. The number of nitrogen functional groups attached to an aromatic ring is 1. The summed E-state index contributed by atoms with van der Waals surface area (Å²) in [5.41, 5.74) is 2.48. The van der Waals surface area contributed by atoms with Crippen LogP contribution in [0.3, 0.4) is 0 Å². The summed E-state index contributed by atoms with van der Waals surface area (Å²) in [6.45, 7) is 2.11. The van der Waals surface area contributed by atoms with Crippen molar-refractivity contribution in [1.29, 1.82) is 0 Å². The van der Waals surface area contributed by atoms with E-state index >= 15 is 0 Å². The summed E-state index contributed by atoms with van der Waals surface area (Å²) in [5, 5.41) is 2.06. The van der Waals surface area contributed by atoms with E-state index in [4.69, 9.17) is 5.84 Å². The predicted octanol–water partition coefficient (Wildman–Crippen LogP) is 1.48. The fraction of sp³-hybridized carbons (Fsp3) is 0.417. The summed E-state index contributed by atoms with van der Waals surface area (Å²) in [4.78, 5) is 18.0. The van der Waals surface area contributed by atoms with E-state index in [0.717, 1.165) is 0 Å². The summed E-state index contributed by atoms with van der Waals surface area (Å²) in [7, 11) is 5.71. The van der Waals surface area contributed by atoms with Gasteiger partial charge < -0.3 is 9.80 Å². The summed E-state index contributed by atoms with van der Waals surface area (Å²) in [6.07, 6.45) is 0. The van der Waals surface area contributed by atoms with E-state index in [0.29, 0.717) is 17.8 Å². The first kappa shape index (κ1) is 14.5. The van der Waals surface area contributed by atoms with Crippen LogP contribution in [0.25, 0.3) is 0 Å². The maximum absolute atomic E-state index is 5.42. The Labute approximate surface area is 122 Å². The molecular weight excluding hydrogens is 274 g/mol. The molecule has 0 amide bonds. The molecule has 0 saturated carbocycles. The first-order valence-electron chi connectivity index (χ1n) is 6.19. The van der Waals surface area contributed by atoms with Gasteiger partial charge in [0.25, 0.3) is 0 Å². The van der Waals surface area contributed by atoms with Crippen LogP contribution in [0.1, 0.15) is 17.8 Å². The van der Waals surface area contributed by atoms with Crippen LogP contribution in [0, 0.1) is 0 Å². The topological polar surface area (TPSA) is 83.2 Å². The second kappa shape index (κ2) is 6.02. The normalized spacial score (nSPS) is 12.1. The molecule has 0 aromatic carbocycles. The largest absolute Gasteiger partial charge is 0.347 e. The second-order valence-electron chi connectivity index (χ2n) is 4.60. The fourth-order valence-electron chi connectivity index (χ4n) is 1.67. The van der Waals surface area contributed by atoms with Crippen LogP contribution in [0.5, 0.6) is 0 Å². The number of rotatable bonds is 5. The number of hydrazine groups is 1. The van der Waals surface area contributed by atoms with Gasteiger partial charge in [-0.3, -0.25) is 5.43 Å². The van der Waals surface area contributed by atoms with Gasteiger partial charge in [-0.05, 0) is 18.4 Å². The minimum atomic E-state index is 0.179. The molecular formula is C12H19N7S. The van der Waals surface area contributed by atoms with Gasteiger partial charge in [0.15, 0.2) is 0 Å². The molecule has 108 valence electrons. The zero-order valence-corrected chi connectivity index (χ0v) is 12.8. The number of nitrogens with zero attached hydrogens (tertiary/aromatic N) is 5. The second-order valence-corrected chi connectivity index (χ2v) is 5.58. The maximum Gasteiger partial charge on any atom is 0.243 e. The van der Waals surface area contributed by atoms with Crippen LogP contribution in [0.15, 0.2) is 17.5 Å². The lowest BCUT2D eigenvalue weighted by Gasteiger charge is -2.25. The highest BCUT2D eigenvalue weighted by Crippen LogP contribution is 2.27. The first-order chi connectivity index (χ1) is 9.52. The number of thiophene rings is 1. The predicted molar refractivity (Wildman–Crippen MR) is 83.1 cm³/mol. The van der Waals surface area contributed by atoms with E-state index < -0.39 is 0 Å². The van der Waals surface area contributed by atoms with Crippen molar-refractivity contribution in [2.45, 2.75) is 13.0 Å². The molecule has 2 heterocycles. The quantitative estimate of drug-likeness (QED) is 0.638. The van der Waals surface area contributed by atoms with Crippen molar-refractivity contribution in [3.8, 4) is 0 Å². The average Bonchev–Trinajstić information content (AvgIpc) is 2.99. The van der Waals surface area contributed by atoms with Crippen molar-refractivity contribution in [1.82, 2.24) is 15.0 Å². The SMILES string of the molecule is CC(c1cccs1)N(C)c1nc(NN)nc(N(C)C)n1.